The molecule has 0 heterocycles. The molecule has 2 atom stereocenters. The zero-order valence-corrected chi connectivity index (χ0v) is 22.2. The highest BCUT2D eigenvalue weighted by Crippen LogP contribution is 2.42. The third kappa shape index (κ3) is 13.6. The van der Waals surface area contributed by atoms with Gasteiger partial charge in [-0.2, -0.15) is 18.1 Å². The minimum Gasteiger partial charge on any atom is -0.380 e. The monoisotopic (exact) mass is 608 g/mol. The second kappa shape index (κ2) is 15.8. The maximum absolute atomic E-state index is 13.0. The maximum Gasteiger partial charge on any atom is 0.415 e. The molecule has 0 N–H and O–H groups in total. The van der Waals surface area contributed by atoms with E-state index in [-0.39, 0.29) is 19.1 Å². The van der Waals surface area contributed by atoms with Crippen molar-refractivity contribution in [3.05, 3.63) is 0 Å². The summed E-state index contributed by atoms with van der Waals surface area (Å²) >= 11 is 34.5. The molecular formula is C17H25Cl6F3O7. The summed E-state index contributed by atoms with van der Waals surface area (Å²) in [5.41, 5.74) is -2.14. The van der Waals surface area contributed by atoms with Crippen LogP contribution in [0.25, 0.3) is 0 Å². The van der Waals surface area contributed by atoms with Crippen LogP contribution in [0.4, 0.5) is 13.2 Å². The molecule has 0 rings (SSSR count). The Hall–Kier alpha value is 0.800. The summed E-state index contributed by atoms with van der Waals surface area (Å²) in [6.07, 6.45) is -3.41. The van der Waals surface area contributed by atoms with Crippen LogP contribution in [0.5, 0.6) is 0 Å². The zero-order chi connectivity index (χ0) is 25.8. The molecule has 198 valence electrons. The van der Waals surface area contributed by atoms with E-state index >= 15 is 0 Å². The molecule has 16 heteroatoms. The van der Waals surface area contributed by atoms with Crippen molar-refractivity contribution < 1.29 is 46.7 Å². The van der Waals surface area contributed by atoms with Crippen molar-refractivity contribution in [3.63, 3.8) is 0 Å². The van der Waals surface area contributed by atoms with Crippen molar-refractivity contribution in [1.82, 2.24) is 0 Å². The average molecular weight is 611 g/mol. The van der Waals surface area contributed by atoms with Gasteiger partial charge in [-0.3, -0.25) is 4.89 Å². The van der Waals surface area contributed by atoms with Crippen molar-refractivity contribution in [2.75, 3.05) is 45.5 Å². The van der Waals surface area contributed by atoms with E-state index in [1.165, 1.54) is 6.92 Å². The highest BCUT2D eigenvalue weighted by Gasteiger charge is 2.61. The highest BCUT2D eigenvalue weighted by molar-refractivity contribution is 6.67. The molecule has 33 heavy (non-hydrogen) atoms. The van der Waals surface area contributed by atoms with E-state index in [9.17, 15) is 18.0 Å². The van der Waals surface area contributed by atoms with Crippen molar-refractivity contribution in [1.29, 1.82) is 0 Å². The number of carbonyl (C=O) groups is 1. The van der Waals surface area contributed by atoms with Gasteiger partial charge < -0.3 is 18.9 Å². The quantitative estimate of drug-likeness (QED) is 0.0661. The van der Waals surface area contributed by atoms with Gasteiger partial charge >= 0.3 is 18.1 Å². The number of halogens is 9. The smallest absolute Gasteiger partial charge is 0.380 e. The second-order valence-electron chi connectivity index (χ2n) is 6.69. The fourth-order valence-electron chi connectivity index (χ4n) is 2.16. The van der Waals surface area contributed by atoms with Gasteiger partial charge in [0.05, 0.1) is 26.4 Å². The lowest BCUT2D eigenvalue weighted by atomic mass is 9.88. The van der Waals surface area contributed by atoms with Crippen LogP contribution in [0.1, 0.15) is 26.7 Å². The summed E-state index contributed by atoms with van der Waals surface area (Å²) in [4.78, 5) is 20.3. The molecule has 7 nitrogen and oxygen atoms in total. The molecule has 0 aliphatic rings. The van der Waals surface area contributed by atoms with E-state index in [2.05, 4.69) is 9.78 Å². The zero-order valence-electron chi connectivity index (χ0n) is 17.7. The van der Waals surface area contributed by atoms with Crippen molar-refractivity contribution in [2.24, 2.45) is 5.41 Å². The van der Waals surface area contributed by atoms with Crippen LogP contribution in [0.15, 0.2) is 0 Å². The minimum absolute atomic E-state index is 0.111. The van der Waals surface area contributed by atoms with Crippen LogP contribution < -0.4 is 0 Å². The van der Waals surface area contributed by atoms with E-state index in [0.717, 1.165) is 6.42 Å². The Labute approximate surface area is 220 Å². The van der Waals surface area contributed by atoms with E-state index in [1.807, 2.05) is 6.92 Å². The first-order chi connectivity index (χ1) is 15.1. The topological polar surface area (TPSA) is 72.5 Å². The van der Waals surface area contributed by atoms with Crippen LogP contribution >= 0.6 is 69.6 Å². The first-order valence-corrected chi connectivity index (χ1v) is 12.0. The molecule has 0 aromatic rings. The van der Waals surface area contributed by atoms with Gasteiger partial charge in [0.25, 0.3) is 0 Å². The van der Waals surface area contributed by atoms with E-state index in [0.29, 0.717) is 6.42 Å². The van der Waals surface area contributed by atoms with Gasteiger partial charge in [0.15, 0.2) is 12.0 Å². The average Bonchev–Trinajstić information content (AvgIpc) is 2.68. The molecule has 0 amide bonds. The molecule has 0 radical (unpaired) electrons. The number of unbranched alkanes of at least 4 members (excludes halogenated alkanes) is 1. The van der Waals surface area contributed by atoms with Crippen molar-refractivity contribution in [3.8, 4) is 0 Å². The summed E-state index contributed by atoms with van der Waals surface area (Å²) in [5, 5.41) is 0. The Balaban J connectivity index is 6.18. The third-order valence-electron chi connectivity index (χ3n) is 3.71. The van der Waals surface area contributed by atoms with Gasteiger partial charge in [-0.15, -0.1) is 34.8 Å². The number of ether oxygens (including phenoxy) is 4. The standard InChI is InChI=1S/C17H25Cl6F3O7/c1-3-4-6-28-9-14(2,13(27)33-32-11-16(24,25)26)17(29-7-5-18,30-8-12(19)20)31-10-15(21,22)23/h12H,3-11H2,1-2H3. The lowest BCUT2D eigenvalue weighted by Gasteiger charge is -2.44. The largest absolute Gasteiger partial charge is 0.415 e. The first-order valence-electron chi connectivity index (χ1n) is 9.43. The molecule has 2 unspecified atom stereocenters. The van der Waals surface area contributed by atoms with Gasteiger partial charge in [0, 0.05) is 12.5 Å². The number of hydrogen-bond donors (Lipinski definition) is 0. The fraction of sp³-hybridized carbons (Fsp3) is 0.941. The van der Waals surface area contributed by atoms with Crippen LogP contribution in [0.2, 0.25) is 0 Å². The Morgan fingerprint density at radius 3 is 2.09 bits per heavy atom. The Bertz CT molecular complexity index is 568. The van der Waals surface area contributed by atoms with Gasteiger partial charge in [0.1, 0.15) is 4.84 Å². The van der Waals surface area contributed by atoms with E-state index in [4.69, 9.17) is 88.6 Å². The minimum atomic E-state index is -4.77. The molecule has 0 aliphatic heterocycles. The Morgan fingerprint density at radius 1 is 0.970 bits per heavy atom. The summed E-state index contributed by atoms with van der Waals surface area (Å²) < 4.78 is 57.6. The van der Waals surface area contributed by atoms with E-state index < -0.39 is 58.6 Å². The predicted octanol–water partition coefficient (Wildman–Crippen LogP) is 5.96. The molecule has 0 aliphatic carbocycles. The third-order valence-corrected chi connectivity index (χ3v) is 4.44. The van der Waals surface area contributed by atoms with Crippen LogP contribution in [0, 0.1) is 5.41 Å². The summed E-state index contributed by atoms with van der Waals surface area (Å²) in [6.45, 7) is -0.625. The molecular weight excluding hydrogens is 586 g/mol. The number of rotatable bonds is 17. The predicted molar refractivity (Wildman–Crippen MR) is 119 cm³/mol. The molecule has 0 fully saturated rings. The van der Waals surface area contributed by atoms with Crippen molar-refractivity contribution in [2.45, 2.75) is 47.5 Å². The lowest BCUT2D eigenvalue weighted by Crippen LogP contribution is -2.61. The molecule has 0 saturated carbocycles. The molecule has 0 aromatic heterocycles. The number of carbonyl (C=O) groups excluding carboxylic acids is 1. The van der Waals surface area contributed by atoms with Gasteiger partial charge in [-0.05, 0) is 13.3 Å². The lowest BCUT2D eigenvalue weighted by molar-refractivity contribution is -0.430. The van der Waals surface area contributed by atoms with Gasteiger partial charge in [0.2, 0.25) is 3.79 Å². The fourth-order valence-corrected chi connectivity index (χ4v) is 2.53. The summed E-state index contributed by atoms with van der Waals surface area (Å²) in [6, 6.07) is 0. The van der Waals surface area contributed by atoms with Crippen LogP contribution in [-0.2, 0) is 33.5 Å². The second-order valence-corrected chi connectivity index (χ2v) is 10.9. The number of hydrogen-bond acceptors (Lipinski definition) is 7. The van der Waals surface area contributed by atoms with Crippen LogP contribution in [0.3, 0.4) is 0 Å². The normalized spacial score (nSPS) is 16.5. The first kappa shape index (κ1) is 33.8. The molecule has 0 bridgehead atoms. The Morgan fingerprint density at radius 2 is 1.61 bits per heavy atom. The Kier molecular flexibility index (Phi) is 16.2. The van der Waals surface area contributed by atoms with Gasteiger partial charge in [-0.25, -0.2) is 4.79 Å². The SMILES string of the molecule is CCCCOCC(C)(C(=O)OOCC(F)(F)F)C(OCCCl)(OCC(Cl)Cl)OCC(Cl)(Cl)Cl. The summed E-state index contributed by atoms with van der Waals surface area (Å²) in [7, 11) is 0. The highest BCUT2D eigenvalue weighted by atomic mass is 35.6. The molecule has 0 aromatic carbocycles. The van der Waals surface area contributed by atoms with Gasteiger partial charge in [-0.1, -0.05) is 48.1 Å². The van der Waals surface area contributed by atoms with Crippen molar-refractivity contribution >= 4 is 75.6 Å². The van der Waals surface area contributed by atoms with Crippen LogP contribution in [-0.4, -0.2) is 72.3 Å². The molecule has 0 spiro atoms. The maximum atomic E-state index is 13.0. The summed E-state index contributed by atoms with van der Waals surface area (Å²) in [5.74, 6) is -3.98. The molecule has 0 saturated heterocycles. The van der Waals surface area contributed by atoms with E-state index in [1.54, 1.807) is 0 Å². The number of alkyl halides is 9.